The van der Waals surface area contributed by atoms with Crippen molar-refractivity contribution in [3.05, 3.63) is 65.5 Å². The summed E-state index contributed by atoms with van der Waals surface area (Å²) in [4.78, 5) is 19.1. The van der Waals surface area contributed by atoms with Gasteiger partial charge in [0.05, 0.1) is 11.6 Å². The SMILES string of the molecule is N#Cc1ccc(C(=O)Nc2cc(F)c3nc(N4CCCCC4)ccc3c2)cc1. The predicted octanol–water partition coefficient (Wildman–Crippen LogP) is 4.49. The molecule has 0 saturated carbocycles. The molecule has 6 heteroatoms. The number of carbonyl (C=O) groups is 1. The van der Waals surface area contributed by atoms with E-state index in [2.05, 4.69) is 15.2 Å². The molecule has 0 unspecified atom stereocenters. The minimum absolute atomic E-state index is 0.305. The van der Waals surface area contributed by atoms with Crippen LogP contribution in [0.5, 0.6) is 0 Å². The van der Waals surface area contributed by atoms with Crippen LogP contribution in [0.25, 0.3) is 10.9 Å². The zero-order chi connectivity index (χ0) is 19.5. The zero-order valence-corrected chi connectivity index (χ0v) is 15.3. The summed E-state index contributed by atoms with van der Waals surface area (Å²) in [5, 5.41) is 12.2. The second-order valence-corrected chi connectivity index (χ2v) is 6.89. The lowest BCUT2D eigenvalue weighted by Gasteiger charge is -2.27. The van der Waals surface area contributed by atoms with Gasteiger partial charge in [0, 0.05) is 29.7 Å². The van der Waals surface area contributed by atoms with E-state index in [1.807, 2.05) is 18.2 Å². The van der Waals surface area contributed by atoms with E-state index in [9.17, 15) is 9.18 Å². The topological polar surface area (TPSA) is 69.0 Å². The molecule has 4 rings (SSSR count). The number of fused-ring (bicyclic) bond motifs is 1. The lowest BCUT2D eigenvalue weighted by molar-refractivity contribution is 0.102. The Labute approximate surface area is 162 Å². The first-order chi connectivity index (χ1) is 13.6. The highest BCUT2D eigenvalue weighted by atomic mass is 19.1. The Morgan fingerprint density at radius 3 is 2.54 bits per heavy atom. The summed E-state index contributed by atoms with van der Waals surface area (Å²) in [6, 6.07) is 15.0. The third-order valence-corrected chi connectivity index (χ3v) is 4.95. The van der Waals surface area contributed by atoms with Crippen LogP contribution in [0.15, 0.2) is 48.5 Å². The van der Waals surface area contributed by atoms with Gasteiger partial charge in [-0.3, -0.25) is 4.79 Å². The zero-order valence-electron chi connectivity index (χ0n) is 15.3. The van der Waals surface area contributed by atoms with E-state index >= 15 is 0 Å². The highest BCUT2D eigenvalue weighted by Crippen LogP contribution is 2.26. The molecule has 2 aromatic carbocycles. The fourth-order valence-corrected chi connectivity index (χ4v) is 3.45. The molecule has 1 aliphatic rings. The molecule has 5 nitrogen and oxygen atoms in total. The summed E-state index contributed by atoms with van der Waals surface area (Å²) >= 11 is 0. The molecule has 0 bridgehead atoms. The lowest BCUT2D eigenvalue weighted by Crippen LogP contribution is -2.30. The molecule has 140 valence electrons. The smallest absolute Gasteiger partial charge is 0.255 e. The third kappa shape index (κ3) is 3.65. The Bertz CT molecular complexity index is 1070. The van der Waals surface area contributed by atoms with Crippen LogP contribution in [0.3, 0.4) is 0 Å². The average molecular weight is 374 g/mol. The maximum Gasteiger partial charge on any atom is 0.255 e. The van der Waals surface area contributed by atoms with Gasteiger partial charge in [0.25, 0.3) is 5.91 Å². The number of hydrogen-bond acceptors (Lipinski definition) is 4. The molecular formula is C22H19FN4O. The summed E-state index contributed by atoms with van der Waals surface area (Å²) in [6.45, 7) is 1.89. The van der Waals surface area contributed by atoms with Gasteiger partial charge in [-0.15, -0.1) is 0 Å². The van der Waals surface area contributed by atoms with Crippen LogP contribution < -0.4 is 10.2 Å². The molecule has 0 atom stereocenters. The van der Waals surface area contributed by atoms with Crippen molar-refractivity contribution in [1.29, 1.82) is 5.26 Å². The predicted molar refractivity (Wildman–Crippen MR) is 107 cm³/mol. The molecule has 2 heterocycles. The van der Waals surface area contributed by atoms with Crippen molar-refractivity contribution in [2.45, 2.75) is 19.3 Å². The summed E-state index contributed by atoms with van der Waals surface area (Å²) in [7, 11) is 0. The molecule has 1 fully saturated rings. The highest BCUT2D eigenvalue weighted by molar-refractivity contribution is 6.05. The number of hydrogen-bond donors (Lipinski definition) is 1. The number of piperidine rings is 1. The molecule has 0 spiro atoms. The van der Waals surface area contributed by atoms with Gasteiger partial charge in [-0.25, -0.2) is 9.37 Å². The first-order valence-corrected chi connectivity index (χ1v) is 9.31. The van der Waals surface area contributed by atoms with Gasteiger partial charge in [-0.05, 0) is 67.8 Å². The maximum atomic E-state index is 14.7. The summed E-state index contributed by atoms with van der Waals surface area (Å²) < 4.78 is 14.7. The number of nitrogens with zero attached hydrogens (tertiary/aromatic N) is 3. The van der Waals surface area contributed by atoms with Crippen molar-refractivity contribution in [1.82, 2.24) is 4.98 Å². The van der Waals surface area contributed by atoms with Crippen molar-refractivity contribution >= 4 is 28.3 Å². The van der Waals surface area contributed by atoms with Crippen molar-refractivity contribution in [2.24, 2.45) is 0 Å². The quantitative estimate of drug-likeness (QED) is 0.733. The third-order valence-electron chi connectivity index (χ3n) is 4.95. The number of nitrogens with one attached hydrogen (secondary N) is 1. The van der Waals surface area contributed by atoms with E-state index in [1.54, 1.807) is 30.3 Å². The van der Waals surface area contributed by atoms with Gasteiger partial charge >= 0.3 is 0 Å². The van der Waals surface area contributed by atoms with Gasteiger partial charge in [0.1, 0.15) is 11.3 Å². The van der Waals surface area contributed by atoms with Crippen LogP contribution in [0.1, 0.15) is 35.2 Å². The second-order valence-electron chi connectivity index (χ2n) is 6.89. The molecule has 0 aliphatic carbocycles. The van der Waals surface area contributed by atoms with Crippen LogP contribution in [0.4, 0.5) is 15.9 Å². The van der Waals surface area contributed by atoms with Crippen molar-refractivity contribution in [3.8, 4) is 6.07 Å². The standard InChI is InChI=1S/C22H19FN4O/c23-19-13-18(25-22(28)16-6-4-15(14-24)5-7-16)12-17-8-9-20(26-21(17)19)27-10-2-1-3-11-27/h4-9,12-13H,1-3,10-11H2,(H,25,28). The number of carbonyl (C=O) groups excluding carboxylic acids is 1. The van der Waals surface area contributed by atoms with E-state index in [-0.39, 0.29) is 5.91 Å². The number of benzene rings is 2. The normalized spacial score (nSPS) is 13.9. The maximum absolute atomic E-state index is 14.7. The van der Waals surface area contributed by atoms with E-state index in [4.69, 9.17) is 5.26 Å². The minimum Gasteiger partial charge on any atom is -0.357 e. The van der Waals surface area contributed by atoms with Crippen molar-refractivity contribution in [3.63, 3.8) is 0 Å². The Hall–Kier alpha value is -3.46. The van der Waals surface area contributed by atoms with E-state index in [0.29, 0.717) is 27.7 Å². The fraction of sp³-hybridized carbons (Fsp3) is 0.227. The Balaban J connectivity index is 1.58. The molecule has 3 aromatic rings. The first-order valence-electron chi connectivity index (χ1n) is 9.31. The van der Waals surface area contributed by atoms with Gasteiger partial charge < -0.3 is 10.2 Å². The van der Waals surface area contributed by atoms with Crippen LogP contribution in [-0.2, 0) is 0 Å². The molecule has 1 aliphatic heterocycles. The molecule has 1 aromatic heterocycles. The van der Waals surface area contributed by atoms with E-state index in [1.165, 1.54) is 12.5 Å². The lowest BCUT2D eigenvalue weighted by atomic mass is 10.1. The summed E-state index contributed by atoms with van der Waals surface area (Å²) in [5.41, 5.74) is 1.55. The number of aromatic nitrogens is 1. The number of anilines is 2. The van der Waals surface area contributed by atoms with Crippen molar-refractivity contribution in [2.75, 3.05) is 23.3 Å². The van der Waals surface area contributed by atoms with E-state index < -0.39 is 5.82 Å². The monoisotopic (exact) mass is 374 g/mol. The number of nitriles is 1. The Morgan fingerprint density at radius 2 is 1.82 bits per heavy atom. The molecular weight excluding hydrogens is 355 g/mol. The van der Waals surface area contributed by atoms with E-state index in [0.717, 1.165) is 31.7 Å². The van der Waals surface area contributed by atoms with Crippen LogP contribution in [0, 0.1) is 17.1 Å². The first kappa shape index (κ1) is 17.9. The largest absolute Gasteiger partial charge is 0.357 e. The Kier molecular flexibility index (Phi) is 4.90. The van der Waals surface area contributed by atoms with Crippen LogP contribution >= 0.6 is 0 Å². The minimum atomic E-state index is -0.466. The number of rotatable bonds is 3. The van der Waals surface area contributed by atoms with Gasteiger partial charge in [0.2, 0.25) is 0 Å². The number of amides is 1. The fourth-order valence-electron chi connectivity index (χ4n) is 3.45. The molecule has 1 N–H and O–H groups in total. The van der Waals surface area contributed by atoms with Gasteiger partial charge in [0.15, 0.2) is 5.82 Å². The number of halogens is 1. The summed E-state index contributed by atoms with van der Waals surface area (Å²) in [6.07, 6.45) is 3.48. The molecule has 0 radical (unpaired) electrons. The van der Waals surface area contributed by atoms with Crippen molar-refractivity contribution < 1.29 is 9.18 Å². The number of pyridine rings is 1. The highest BCUT2D eigenvalue weighted by Gasteiger charge is 2.15. The van der Waals surface area contributed by atoms with Gasteiger partial charge in [-0.2, -0.15) is 5.26 Å². The Morgan fingerprint density at radius 1 is 1.07 bits per heavy atom. The van der Waals surface area contributed by atoms with Gasteiger partial charge in [-0.1, -0.05) is 0 Å². The summed E-state index contributed by atoms with van der Waals surface area (Å²) in [5.74, 6) is -0.0342. The second kappa shape index (κ2) is 7.65. The average Bonchev–Trinajstić information content (AvgIpc) is 2.74. The molecule has 1 saturated heterocycles. The molecule has 28 heavy (non-hydrogen) atoms. The van der Waals surface area contributed by atoms with Crippen LogP contribution in [-0.4, -0.2) is 24.0 Å². The van der Waals surface area contributed by atoms with Crippen LogP contribution in [0.2, 0.25) is 0 Å². The molecule has 1 amide bonds.